The van der Waals surface area contributed by atoms with Gasteiger partial charge in [0.1, 0.15) is 5.69 Å². The molecule has 2 aromatic rings. The van der Waals surface area contributed by atoms with E-state index >= 15 is 0 Å². The number of amides is 1. The Balaban J connectivity index is 2.09. The van der Waals surface area contributed by atoms with E-state index in [1.807, 2.05) is 13.0 Å². The van der Waals surface area contributed by atoms with Crippen molar-refractivity contribution in [1.82, 2.24) is 9.97 Å². The number of nitrogens with one attached hydrogen (secondary N) is 2. The molecule has 6 nitrogen and oxygen atoms in total. The van der Waals surface area contributed by atoms with Crippen LogP contribution in [0, 0.1) is 6.92 Å². The molecule has 1 amide bonds. The highest BCUT2D eigenvalue weighted by atomic mass is 16.1. The van der Waals surface area contributed by atoms with E-state index in [9.17, 15) is 4.79 Å². The van der Waals surface area contributed by atoms with Crippen LogP contribution in [-0.4, -0.2) is 15.9 Å². The van der Waals surface area contributed by atoms with Crippen LogP contribution in [0.1, 0.15) is 16.2 Å². The number of hydrazine groups is 1. The Bertz CT molecular complexity index is 535. The summed E-state index contributed by atoms with van der Waals surface area (Å²) in [6, 6.07) is 6.88. The van der Waals surface area contributed by atoms with E-state index < -0.39 is 0 Å². The summed E-state index contributed by atoms with van der Waals surface area (Å²) in [5, 5.41) is 2.71. The number of aryl methyl sites for hydroxylation is 1. The van der Waals surface area contributed by atoms with Crippen LogP contribution in [0.5, 0.6) is 0 Å². The lowest BCUT2D eigenvalue weighted by molar-refractivity contribution is 0.102. The van der Waals surface area contributed by atoms with E-state index in [0.29, 0.717) is 17.1 Å². The molecule has 0 radical (unpaired) electrons. The van der Waals surface area contributed by atoms with Gasteiger partial charge in [0.2, 0.25) is 0 Å². The molecule has 0 bridgehead atoms. The lowest BCUT2D eigenvalue weighted by Gasteiger charge is -2.05. The normalized spacial score (nSPS) is 9.89. The molecule has 0 aliphatic carbocycles. The molecule has 2 heterocycles. The second kappa shape index (κ2) is 5.24. The first-order chi connectivity index (χ1) is 8.69. The van der Waals surface area contributed by atoms with Gasteiger partial charge in [-0.1, -0.05) is 0 Å². The minimum Gasteiger partial charge on any atom is -0.323 e. The van der Waals surface area contributed by atoms with Crippen LogP contribution in [0.15, 0.2) is 36.7 Å². The quantitative estimate of drug-likeness (QED) is 0.558. The number of aromatic nitrogens is 2. The first-order valence-electron chi connectivity index (χ1n) is 5.36. The van der Waals surface area contributed by atoms with Crippen LogP contribution in [0.4, 0.5) is 11.4 Å². The van der Waals surface area contributed by atoms with Crippen molar-refractivity contribution in [2.75, 3.05) is 10.7 Å². The van der Waals surface area contributed by atoms with E-state index in [-0.39, 0.29) is 5.91 Å². The van der Waals surface area contributed by atoms with Crippen LogP contribution in [0.25, 0.3) is 0 Å². The predicted octanol–water partition coefficient (Wildman–Crippen LogP) is 1.32. The molecule has 92 valence electrons. The molecular weight excluding hydrogens is 230 g/mol. The van der Waals surface area contributed by atoms with Gasteiger partial charge >= 0.3 is 0 Å². The standard InChI is InChI=1S/C12H13N5O/c1-8-2-3-9(6-14-8)16-12(18)11-5-4-10(17-13)7-15-11/h2-7,17H,13H2,1H3,(H,16,18). The third-order valence-electron chi connectivity index (χ3n) is 2.33. The second-order valence-corrected chi connectivity index (χ2v) is 3.72. The van der Waals surface area contributed by atoms with Crippen molar-refractivity contribution in [2.24, 2.45) is 5.84 Å². The van der Waals surface area contributed by atoms with Crippen molar-refractivity contribution in [3.8, 4) is 0 Å². The third kappa shape index (κ3) is 2.80. The number of carbonyl (C=O) groups is 1. The summed E-state index contributed by atoms with van der Waals surface area (Å²) in [7, 11) is 0. The third-order valence-corrected chi connectivity index (χ3v) is 2.33. The summed E-state index contributed by atoms with van der Waals surface area (Å²) in [6.45, 7) is 1.88. The summed E-state index contributed by atoms with van der Waals surface area (Å²) in [4.78, 5) is 19.9. The monoisotopic (exact) mass is 243 g/mol. The molecule has 0 aromatic carbocycles. The van der Waals surface area contributed by atoms with Crippen molar-refractivity contribution in [3.05, 3.63) is 48.0 Å². The number of nitrogens with two attached hydrogens (primary N) is 1. The number of nitrogen functional groups attached to an aromatic ring is 1. The van der Waals surface area contributed by atoms with E-state index in [1.54, 1.807) is 24.4 Å². The van der Waals surface area contributed by atoms with Crippen molar-refractivity contribution in [3.63, 3.8) is 0 Å². The van der Waals surface area contributed by atoms with Crippen molar-refractivity contribution in [2.45, 2.75) is 6.92 Å². The predicted molar refractivity (Wildman–Crippen MR) is 69.0 cm³/mol. The van der Waals surface area contributed by atoms with Gasteiger partial charge in [-0.2, -0.15) is 0 Å². The number of rotatable bonds is 3. The Labute approximate surface area is 104 Å². The first kappa shape index (κ1) is 12.0. The van der Waals surface area contributed by atoms with Crippen molar-refractivity contribution >= 4 is 17.3 Å². The topological polar surface area (TPSA) is 92.9 Å². The number of hydrogen-bond donors (Lipinski definition) is 3. The number of pyridine rings is 2. The smallest absolute Gasteiger partial charge is 0.274 e. The highest BCUT2D eigenvalue weighted by molar-refractivity contribution is 6.02. The van der Waals surface area contributed by atoms with E-state index in [2.05, 4.69) is 20.7 Å². The molecule has 4 N–H and O–H groups in total. The molecule has 0 aliphatic rings. The largest absolute Gasteiger partial charge is 0.323 e. The SMILES string of the molecule is Cc1ccc(NC(=O)c2ccc(NN)cn2)cn1. The van der Waals surface area contributed by atoms with Crippen molar-refractivity contribution < 1.29 is 4.79 Å². The Morgan fingerprint density at radius 1 is 1.11 bits per heavy atom. The summed E-state index contributed by atoms with van der Waals surface area (Å²) in [6.07, 6.45) is 3.09. The Hall–Kier alpha value is -2.47. The highest BCUT2D eigenvalue weighted by Gasteiger charge is 2.07. The second-order valence-electron chi connectivity index (χ2n) is 3.72. The summed E-state index contributed by atoms with van der Waals surface area (Å²) < 4.78 is 0. The fraction of sp³-hybridized carbons (Fsp3) is 0.0833. The van der Waals surface area contributed by atoms with E-state index in [0.717, 1.165) is 5.69 Å². The van der Waals surface area contributed by atoms with E-state index in [4.69, 9.17) is 5.84 Å². The van der Waals surface area contributed by atoms with Crippen LogP contribution < -0.4 is 16.6 Å². The van der Waals surface area contributed by atoms with Crippen LogP contribution in [0.2, 0.25) is 0 Å². The molecule has 0 saturated heterocycles. The number of nitrogens with zero attached hydrogens (tertiary/aromatic N) is 2. The molecule has 6 heteroatoms. The molecule has 2 aromatic heterocycles. The number of carbonyl (C=O) groups excluding carboxylic acids is 1. The lowest BCUT2D eigenvalue weighted by Crippen LogP contribution is -2.14. The maximum atomic E-state index is 11.8. The zero-order valence-corrected chi connectivity index (χ0v) is 9.84. The molecule has 0 unspecified atom stereocenters. The van der Waals surface area contributed by atoms with Gasteiger partial charge in [-0.15, -0.1) is 0 Å². The van der Waals surface area contributed by atoms with Gasteiger partial charge < -0.3 is 10.7 Å². The van der Waals surface area contributed by atoms with Gasteiger partial charge in [-0.05, 0) is 31.2 Å². The molecule has 0 saturated carbocycles. The van der Waals surface area contributed by atoms with Gasteiger partial charge in [0.15, 0.2) is 0 Å². The minimum atomic E-state index is -0.288. The molecule has 2 rings (SSSR count). The Kier molecular flexibility index (Phi) is 3.49. The van der Waals surface area contributed by atoms with Crippen LogP contribution >= 0.6 is 0 Å². The van der Waals surface area contributed by atoms with Gasteiger partial charge in [-0.25, -0.2) is 4.98 Å². The molecule has 0 spiro atoms. The zero-order chi connectivity index (χ0) is 13.0. The fourth-order valence-electron chi connectivity index (χ4n) is 1.35. The Morgan fingerprint density at radius 3 is 2.39 bits per heavy atom. The summed E-state index contributed by atoms with van der Waals surface area (Å²) in [5.41, 5.74) is 4.93. The van der Waals surface area contributed by atoms with Gasteiger partial charge in [-0.3, -0.25) is 15.6 Å². The van der Waals surface area contributed by atoms with Crippen LogP contribution in [0.3, 0.4) is 0 Å². The highest BCUT2D eigenvalue weighted by Crippen LogP contribution is 2.09. The Morgan fingerprint density at radius 2 is 1.83 bits per heavy atom. The summed E-state index contributed by atoms with van der Waals surface area (Å²) >= 11 is 0. The van der Waals surface area contributed by atoms with Gasteiger partial charge in [0, 0.05) is 5.69 Å². The van der Waals surface area contributed by atoms with Gasteiger partial charge in [0.05, 0.1) is 23.8 Å². The number of anilines is 2. The molecule has 0 aliphatic heterocycles. The van der Waals surface area contributed by atoms with E-state index in [1.165, 1.54) is 6.20 Å². The van der Waals surface area contributed by atoms with Crippen LogP contribution in [-0.2, 0) is 0 Å². The molecule has 0 fully saturated rings. The first-order valence-corrected chi connectivity index (χ1v) is 5.36. The molecule has 18 heavy (non-hydrogen) atoms. The van der Waals surface area contributed by atoms with Crippen molar-refractivity contribution in [1.29, 1.82) is 0 Å². The average Bonchev–Trinajstić information content (AvgIpc) is 2.41. The molecule has 0 atom stereocenters. The summed E-state index contributed by atoms with van der Waals surface area (Å²) in [5.74, 6) is 4.93. The lowest BCUT2D eigenvalue weighted by atomic mass is 10.3. The van der Waals surface area contributed by atoms with Gasteiger partial charge in [0.25, 0.3) is 5.91 Å². The fourth-order valence-corrected chi connectivity index (χ4v) is 1.35. The molecular formula is C12H13N5O. The minimum absolute atomic E-state index is 0.288. The maximum absolute atomic E-state index is 11.8. The zero-order valence-electron chi connectivity index (χ0n) is 9.84. The average molecular weight is 243 g/mol. The number of hydrogen-bond acceptors (Lipinski definition) is 5. The maximum Gasteiger partial charge on any atom is 0.274 e.